The fourth-order valence-electron chi connectivity index (χ4n) is 2.25. The highest BCUT2D eigenvalue weighted by Crippen LogP contribution is 2.29. The minimum atomic E-state index is -0.870. The zero-order valence-electron chi connectivity index (χ0n) is 11.8. The van der Waals surface area contributed by atoms with Crippen LogP contribution in [0.5, 0.6) is 0 Å². The van der Waals surface area contributed by atoms with Gasteiger partial charge >= 0.3 is 0 Å². The van der Waals surface area contributed by atoms with Crippen molar-refractivity contribution in [2.75, 3.05) is 5.32 Å². The smallest absolute Gasteiger partial charge is 0.247 e. The number of aromatic nitrogens is 2. The standard InChI is InChI=1S/C16H13Cl2N3O/c1-10-9-21-8-4-7-13(15(21)19-10)20-16(22)14(18)11-5-2-3-6-12(11)17/h2-9,14H,1H3,(H,20,22). The van der Waals surface area contributed by atoms with Gasteiger partial charge in [0.15, 0.2) is 5.65 Å². The Hall–Kier alpha value is -2.04. The lowest BCUT2D eigenvalue weighted by Crippen LogP contribution is -2.18. The van der Waals surface area contributed by atoms with Gasteiger partial charge in [-0.25, -0.2) is 4.98 Å². The van der Waals surface area contributed by atoms with Gasteiger partial charge in [-0.2, -0.15) is 0 Å². The molecule has 1 amide bonds. The van der Waals surface area contributed by atoms with Crippen LogP contribution in [0.4, 0.5) is 5.69 Å². The van der Waals surface area contributed by atoms with Crippen molar-refractivity contribution >= 4 is 40.4 Å². The monoisotopic (exact) mass is 333 g/mol. The van der Waals surface area contributed by atoms with Crippen LogP contribution in [0.2, 0.25) is 5.02 Å². The van der Waals surface area contributed by atoms with Crippen LogP contribution in [0.25, 0.3) is 5.65 Å². The minimum Gasteiger partial charge on any atom is -0.321 e. The van der Waals surface area contributed by atoms with E-state index in [0.717, 1.165) is 5.69 Å². The number of pyridine rings is 1. The average molecular weight is 334 g/mol. The van der Waals surface area contributed by atoms with E-state index in [-0.39, 0.29) is 5.91 Å². The molecule has 2 aromatic heterocycles. The SMILES string of the molecule is Cc1cn2cccc(NC(=O)C(Cl)c3ccccc3Cl)c2n1. The molecule has 0 aliphatic rings. The Morgan fingerprint density at radius 3 is 2.82 bits per heavy atom. The highest BCUT2D eigenvalue weighted by atomic mass is 35.5. The number of rotatable bonds is 3. The summed E-state index contributed by atoms with van der Waals surface area (Å²) >= 11 is 12.3. The molecule has 1 aromatic carbocycles. The number of carbonyl (C=O) groups is 1. The number of alkyl halides is 1. The van der Waals surface area contributed by atoms with Crippen LogP contribution in [0.1, 0.15) is 16.6 Å². The number of amides is 1. The van der Waals surface area contributed by atoms with Gasteiger partial charge in [-0.15, -0.1) is 11.6 Å². The number of nitrogens with one attached hydrogen (secondary N) is 1. The molecule has 0 saturated heterocycles. The molecule has 0 aliphatic heterocycles. The highest BCUT2D eigenvalue weighted by Gasteiger charge is 2.21. The number of halogens is 2. The molecular formula is C16H13Cl2N3O. The quantitative estimate of drug-likeness (QED) is 0.729. The summed E-state index contributed by atoms with van der Waals surface area (Å²) in [7, 11) is 0. The van der Waals surface area contributed by atoms with Gasteiger partial charge in [0.1, 0.15) is 5.38 Å². The molecule has 0 aliphatic carbocycles. The van der Waals surface area contributed by atoms with Crippen molar-refractivity contribution in [3.05, 3.63) is 65.1 Å². The summed E-state index contributed by atoms with van der Waals surface area (Å²) in [6.45, 7) is 1.90. The van der Waals surface area contributed by atoms with Crippen LogP contribution in [0, 0.1) is 6.92 Å². The van der Waals surface area contributed by atoms with Crippen LogP contribution < -0.4 is 5.32 Å². The molecule has 0 saturated carbocycles. The normalized spacial score (nSPS) is 12.3. The summed E-state index contributed by atoms with van der Waals surface area (Å²) in [5, 5.41) is 2.41. The second-order valence-electron chi connectivity index (χ2n) is 4.91. The molecule has 112 valence electrons. The Bertz CT molecular complexity index is 844. The molecule has 3 aromatic rings. The van der Waals surface area contributed by atoms with Gasteiger partial charge in [0.2, 0.25) is 5.91 Å². The number of carbonyl (C=O) groups excluding carboxylic acids is 1. The fourth-order valence-corrected chi connectivity index (χ4v) is 2.80. The van der Waals surface area contributed by atoms with Crippen molar-refractivity contribution in [2.24, 2.45) is 0 Å². The summed E-state index contributed by atoms with van der Waals surface area (Å²) in [6, 6.07) is 10.7. The van der Waals surface area contributed by atoms with E-state index in [9.17, 15) is 4.79 Å². The number of aryl methyl sites for hydroxylation is 1. The van der Waals surface area contributed by atoms with Crippen LogP contribution in [0.3, 0.4) is 0 Å². The number of benzene rings is 1. The first kappa shape index (κ1) is 14.9. The molecule has 22 heavy (non-hydrogen) atoms. The summed E-state index contributed by atoms with van der Waals surface area (Å²) in [5.41, 5.74) is 2.74. The van der Waals surface area contributed by atoms with Crippen molar-refractivity contribution in [1.82, 2.24) is 9.38 Å². The molecule has 1 N–H and O–H groups in total. The van der Waals surface area contributed by atoms with Gasteiger partial charge in [0.05, 0.1) is 11.4 Å². The van der Waals surface area contributed by atoms with Crippen molar-refractivity contribution in [3.63, 3.8) is 0 Å². The average Bonchev–Trinajstić information content (AvgIpc) is 2.88. The Morgan fingerprint density at radius 2 is 2.05 bits per heavy atom. The summed E-state index contributed by atoms with van der Waals surface area (Å²) in [5.74, 6) is -0.344. The van der Waals surface area contributed by atoms with Gasteiger partial charge in [-0.3, -0.25) is 4.79 Å². The first-order valence-electron chi connectivity index (χ1n) is 6.70. The second-order valence-corrected chi connectivity index (χ2v) is 5.75. The van der Waals surface area contributed by atoms with Crippen molar-refractivity contribution in [3.8, 4) is 0 Å². The van der Waals surface area contributed by atoms with Crippen LogP contribution in [-0.4, -0.2) is 15.3 Å². The molecule has 2 heterocycles. The second kappa shape index (κ2) is 5.99. The zero-order valence-corrected chi connectivity index (χ0v) is 13.3. The number of hydrogen-bond acceptors (Lipinski definition) is 2. The van der Waals surface area contributed by atoms with Gasteiger partial charge in [-0.05, 0) is 30.7 Å². The number of hydrogen-bond donors (Lipinski definition) is 1. The first-order valence-corrected chi connectivity index (χ1v) is 7.51. The van der Waals surface area contributed by atoms with Gasteiger partial charge in [0, 0.05) is 17.4 Å². The Balaban J connectivity index is 1.88. The number of fused-ring (bicyclic) bond motifs is 1. The van der Waals surface area contributed by atoms with Gasteiger partial charge in [0.25, 0.3) is 0 Å². The maximum absolute atomic E-state index is 12.4. The maximum Gasteiger partial charge on any atom is 0.247 e. The molecule has 0 spiro atoms. The van der Waals surface area contributed by atoms with Crippen molar-refractivity contribution in [2.45, 2.75) is 12.3 Å². The lowest BCUT2D eigenvalue weighted by Gasteiger charge is -2.12. The minimum absolute atomic E-state index is 0.344. The molecule has 1 atom stereocenters. The first-order chi connectivity index (χ1) is 10.6. The van der Waals surface area contributed by atoms with E-state index in [0.29, 0.717) is 21.9 Å². The van der Waals surface area contributed by atoms with E-state index in [1.165, 1.54) is 0 Å². The lowest BCUT2D eigenvalue weighted by molar-refractivity contribution is -0.116. The number of nitrogens with zero attached hydrogens (tertiary/aromatic N) is 2. The predicted molar refractivity (Wildman–Crippen MR) is 88.6 cm³/mol. The number of imidazole rings is 1. The molecule has 3 rings (SSSR count). The summed E-state index contributed by atoms with van der Waals surface area (Å²) in [4.78, 5) is 16.8. The zero-order chi connectivity index (χ0) is 15.7. The topological polar surface area (TPSA) is 46.4 Å². The molecular weight excluding hydrogens is 321 g/mol. The van der Waals surface area contributed by atoms with Crippen LogP contribution in [0.15, 0.2) is 48.8 Å². The summed E-state index contributed by atoms with van der Waals surface area (Å²) < 4.78 is 1.85. The third-order valence-electron chi connectivity index (χ3n) is 3.27. The molecule has 0 bridgehead atoms. The maximum atomic E-state index is 12.4. The molecule has 4 nitrogen and oxygen atoms in total. The van der Waals surface area contributed by atoms with Gasteiger partial charge < -0.3 is 9.72 Å². The van der Waals surface area contributed by atoms with E-state index in [2.05, 4.69) is 10.3 Å². The van der Waals surface area contributed by atoms with E-state index < -0.39 is 5.38 Å². The Labute approximate surface area is 137 Å². The van der Waals surface area contributed by atoms with Crippen LogP contribution in [-0.2, 0) is 4.79 Å². The predicted octanol–water partition coefficient (Wildman–Crippen LogP) is 4.21. The van der Waals surface area contributed by atoms with Gasteiger partial charge in [-0.1, -0.05) is 29.8 Å². The van der Waals surface area contributed by atoms with E-state index in [1.807, 2.05) is 29.8 Å². The lowest BCUT2D eigenvalue weighted by atomic mass is 10.1. The third kappa shape index (κ3) is 2.80. The summed E-state index contributed by atoms with van der Waals surface area (Å²) in [6.07, 6.45) is 3.76. The largest absolute Gasteiger partial charge is 0.321 e. The number of anilines is 1. The van der Waals surface area contributed by atoms with Crippen molar-refractivity contribution < 1.29 is 4.79 Å². The van der Waals surface area contributed by atoms with E-state index >= 15 is 0 Å². The fraction of sp³-hybridized carbons (Fsp3) is 0.125. The molecule has 1 unspecified atom stereocenters. The van der Waals surface area contributed by atoms with E-state index in [1.54, 1.807) is 30.3 Å². The molecule has 6 heteroatoms. The highest BCUT2D eigenvalue weighted by molar-refractivity contribution is 6.36. The Morgan fingerprint density at radius 1 is 1.27 bits per heavy atom. The molecule has 0 radical (unpaired) electrons. The van der Waals surface area contributed by atoms with Crippen molar-refractivity contribution in [1.29, 1.82) is 0 Å². The molecule has 0 fully saturated rings. The van der Waals surface area contributed by atoms with E-state index in [4.69, 9.17) is 23.2 Å². The van der Waals surface area contributed by atoms with Crippen LogP contribution >= 0.6 is 23.2 Å². The Kier molecular flexibility index (Phi) is 4.05. The third-order valence-corrected chi connectivity index (χ3v) is 4.05.